The summed E-state index contributed by atoms with van der Waals surface area (Å²) in [4.78, 5) is 0. The molecule has 0 saturated heterocycles. The predicted molar refractivity (Wildman–Crippen MR) is 153 cm³/mol. The highest BCUT2D eigenvalue weighted by atomic mass is 19.3. The number of hydrogen-bond acceptors (Lipinski definition) is 2. The van der Waals surface area contributed by atoms with Crippen molar-refractivity contribution >= 4 is 0 Å². The van der Waals surface area contributed by atoms with Crippen molar-refractivity contribution < 1.29 is 49.0 Å². The highest BCUT2D eigenvalue weighted by molar-refractivity contribution is 5.66. The third-order valence-electron chi connectivity index (χ3n) is 8.28. The molecule has 0 bridgehead atoms. The summed E-state index contributed by atoms with van der Waals surface area (Å²) < 4.78 is 141. The molecule has 0 spiro atoms. The van der Waals surface area contributed by atoms with Crippen LogP contribution in [0.5, 0.6) is 5.75 Å². The number of benzene rings is 4. The quantitative estimate of drug-likeness (QED) is 0.119. The molecule has 4 aromatic rings. The lowest BCUT2D eigenvalue weighted by Gasteiger charge is -2.34. The molecule has 1 fully saturated rings. The van der Waals surface area contributed by atoms with Crippen LogP contribution in [0.1, 0.15) is 56.8 Å². The molecule has 5 rings (SSSR count). The molecule has 0 aromatic heterocycles. The van der Waals surface area contributed by atoms with Crippen molar-refractivity contribution in [2.75, 3.05) is 6.61 Å². The molecular formula is C35H29F9O2. The molecule has 0 amide bonds. The Morgan fingerprint density at radius 2 is 1.26 bits per heavy atom. The molecule has 11 heteroatoms. The molecule has 46 heavy (non-hydrogen) atoms. The highest BCUT2D eigenvalue weighted by Crippen LogP contribution is 2.42. The van der Waals surface area contributed by atoms with Crippen LogP contribution in [0, 0.1) is 52.6 Å². The zero-order chi connectivity index (χ0) is 33.3. The topological polar surface area (TPSA) is 18.5 Å². The van der Waals surface area contributed by atoms with E-state index in [0.29, 0.717) is 48.4 Å². The minimum Gasteiger partial charge on any atom is -0.429 e. The van der Waals surface area contributed by atoms with Gasteiger partial charge in [0.2, 0.25) is 0 Å². The van der Waals surface area contributed by atoms with Gasteiger partial charge in [-0.05, 0) is 83.8 Å². The molecule has 2 nitrogen and oxygen atoms in total. The van der Waals surface area contributed by atoms with E-state index in [1.54, 1.807) is 6.07 Å². The first-order valence-corrected chi connectivity index (χ1v) is 14.7. The van der Waals surface area contributed by atoms with E-state index in [4.69, 9.17) is 4.74 Å². The largest absolute Gasteiger partial charge is 0.432 e. The van der Waals surface area contributed by atoms with Crippen molar-refractivity contribution in [3.63, 3.8) is 0 Å². The average Bonchev–Trinajstić information content (AvgIpc) is 2.95. The van der Waals surface area contributed by atoms with E-state index >= 15 is 22.0 Å². The van der Waals surface area contributed by atoms with Gasteiger partial charge in [0, 0.05) is 23.8 Å². The van der Waals surface area contributed by atoms with E-state index in [1.807, 2.05) is 13.8 Å². The normalized spacial score (nSPS) is 15.0. The first-order chi connectivity index (χ1) is 21.8. The van der Waals surface area contributed by atoms with Crippen molar-refractivity contribution in [2.45, 2.75) is 51.7 Å². The number of ether oxygens (including phenoxy) is 2. The van der Waals surface area contributed by atoms with Gasteiger partial charge in [-0.2, -0.15) is 8.78 Å². The average molecular weight is 653 g/mol. The summed E-state index contributed by atoms with van der Waals surface area (Å²) in [5, 5.41) is 0. The molecule has 0 heterocycles. The van der Waals surface area contributed by atoms with Crippen LogP contribution in [-0.2, 0) is 10.8 Å². The molecule has 4 aromatic carbocycles. The Morgan fingerprint density at radius 3 is 1.76 bits per heavy atom. The number of halogens is 9. The molecule has 1 aliphatic carbocycles. The number of alkyl halides is 2. The fourth-order valence-corrected chi connectivity index (χ4v) is 5.29. The van der Waals surface area contributed by atoms with Crippen molar-refractivity contribution in [3.8, 4) is 28.0 Å². The van der Waals surface area contributed by atoms with Crippen molar-refractivity contribution in [1.29, 1.82) is 0 Å². The molecular weight excluding hydrogens is 623 g/mol. The lowest BCUT2D eigenvalue weighted by Crippen LogP contribution is -2.25. The fraction of sp³-hybridized carbons (Fsp3) is 0.314. The Labute approximate surface area is 259 Å². The van der Waals surface area contributed by atoms with Crippen LogP contribution in [0.2, 0.25) is 0 Å². The van der Waals surface area contributed by atoms with Gasteiger partial charge in [-0.15, -0.1) is 0 Å². The van der Waals surface area contributed by atoms with Crippen molar-refractivity contribution in [1.82, 2.24) is 0 Å². The summed E-state index contributed by atoms with van der Waals surface area (Å²) in [7, 11) is 0. The van der Waals surface area contributed by atoms with Gasteiger partial charge in [-0.3, -0.25) is 0 Å². The van der Waals surface area contributed by atoms with E-state index in [1.165, 1.54) is 12.1 Å². The van der Waals surface area contributed by atoms with Gasteiger partial charge in [0.25, 0.3) is 0 Å². The van der Waals surface area contributed by atoms with Gasteiger partial charge in [0.05, 0.1) is 6.10 Å². The molecule has 0 aliphatic heterocycles. The maximum Gasteiger partial charge on any atom is 0.432 e. The summed E-state index contributed by atoms with van der Waals surface area (Å²) in [6, 6.07) is 8.22. The Bertz CT molecular complexity index is 1690. The minimum atomic E-state index is -4.67. The molecule has 1 saturated carbocycles. The Morgan fingerprint density at radius 1 is 0.717 bits per heavy atom. The van der Waals surface area contributed by atoms with E-state index in [-0.39, 0.29) is 23.1 Å². The zero-order valence-electron chi connectivity index (χ0n) is 24.8. The van der Waals surface area contributed by atoms with Crippen molar-refractivity contribution in [2.24, 2.45) is 11.8 Å². The molecule has 2 unspecified atom stereocenters. The van der Waals surface area contributed by atoms with Crippen LogP contribution in [0.25, 0.3) is 22.3 Å². The maximum absolute atomic E-state index is 15.3. The summed E-state index contributed by atoms with van der Waals surface area (Å²) in [5.74, 6) is -11.0. The molecule has 1 aliphatic rings. The highest BCUT2D eigenvalue weighted by Gasteiger charge is 2.41. The van der Waals surface area contributed by atoms with E-state index in [9.17, 15) is 17.6 Å². The Hall–Kier alpha value is -3.99. The van der Waals surface area contributed by atoms with Crippen LogP contribution in [0.3, 0.4) is 0 Å². The Kier molecular flexibility index (Phi) is 9.72. The molecule has 2 atom stereocenters. The zero-order valence-corrected chi connectivity index (χ0v) is 24.8. The molecule has 244 valence electrons. The maximum atomic E-state index is 15.3. The Balaban J connectivity index is 1.38. The summed E-state index contributed by atoms with van der Waals surface area (Å²) in [6.45, 7) is 4.56. The third-order valence-corrected chi connectivity index (χ3v) is 8.28. The van der Waals surface area contributed by atoms with Gasteiger partial charge in [-0.25, -0.2) is 30.7 Å². The van der Waals surface area contributed by atoms with Gasteiger partial charge in [0.15, 0.2) is 17.5 Å². The third kappa shape index (κ3) is 6.89. The molecule has 0 N–H and O–H groups in total. The predicted octanol–water partition coefficient (Wildman–Crippen LogP) is 11.0. The van der Waals surface area contributed by atoms with Gasteiger partial charge >= 0.3 is 6.11 Å². The van der Waals surface area contributed by atoms with Crippen LogP contribution in [-0.4, -0.2) is 6.61 Å². The summed E-state index contributed by atoms with van der Waals surface area (Å²) in [6.07, 6.45) is -1.23. The van der Waals surface area contributed by atoms with Gasteiger partial charge in [0.1, 0.15) is 34.6 Å². The second kappa shape index (κ2) is 13.4. The minimum absolute atomic E-state index is 0.212. The van der Waals surface area contributed by atoms with E-state index < -0.39 is 69.3 Å². The SMILES string of the molecule is CCC(C)COC(c1ccc(-c2cc(F)c(C(F)(F)Oc3ccc(-c4cc(F)c(F)c(F)c4)c(F)c3)c(F)c2)c(F)c1)C1CCC1. The van der Waals surface area contributed by atoms with Crippen LogP contribution in [0.4, 0.5) is 39.5 Å². The lowest BCUT2D eigenvalue weighted by atomic mass is 9.78. The second-order valence-electron chi connectivity index (χ2n) is 11.5. The van der Waals surface area contributed by atoms with Crippen LogP contribution in [0.15, 0.2) is 60.7 Å². The first kappa shape index (κ1) is 33.4. The standard InChI is InChI=1S/C35H29F9O2/c1-3-18(2)17-45-34(19-5-4-6-19)20-7-9-24(26(36)11-20)21-12-28(38)32(29(39)13-21)35(43,44)46-23-8-10-25(27(37)16-23)22-14-30(40)33(42)31(41)15-22/h7-16,18-19,34H,3-6,17H2,1-2H3. The lowest BCUT2D eigenvalue weighted by molar-refractivity contribution is -0.189. The first-order valence-electron chi connectivity index (χ1n) is 14.7. The van der Waals surface area contributed by atoms with E-state index in [2.05, 4.69) is 4.74 Å². The fourth-order valence-electron chi connectivity index (χ4n) is 5.29. The van der Waals surface area contributed by atoms with E-state index in [0.717, 1.165) is 37.8 Å². The van der Waals surface area contributed by atoms with Crippen LogP contribution >= 0.6 is 0 Å². The smallest absolute Gasteiger partial charge is 0.429 e. The van der Waals surface area contributed by atoms with Gasteiger partial charge in [-0.1, -0.05) is 38.8 Å². The van der Waals surface area contributed by atoms with Gasteiger partial charge < -0.3 is 9.47 Å². The summed E-state index contributed by atoms with van der Waals surface area (Å²) in [5.41, 5.74) is -2.71. The second-order valence-corrected chi connectivity index (χ2v) is 11.5. The van der Waals surface area contributed by atoms with Crippen LogP contribution < -0.4 is 4.74 Å². The van der Waals surface area contributed by atoms with Crippen molar-refractivity contribution in [3.05, 3.63) is 113 Å². The monoisotopic (exact) mass is 652 g/mol. The number of hydrogen-bond donors (Lipinski definition) is 0. The number of rotatable bonds is 11. The summed E-state index contributed by atoms with van der Waals surface area (Å²) >= 11 is 0. The molecule has 0 radical (unpaired) electrons.